The number of hydrogen-bond donors (Lipinski definition) is 1. The molecule has 0 radical (unpaired) electrons. The lowest BCUT2D eigenvalue weighted by Gasteiger charge is -2.41. The molecule has 2 fully saturated rings. The molecule has 0 aliphatic carbocycles. The van der Waals surface area contributed by atoms with Crippen LogP contribution in [0.2, 0.25) is 0 Å². The quantitative estimate of drug-likeness (QED) is 0.866. The molecule has 7 heteroatoms. The average molecular weight is 394 g/mol. The maximum absolute atomic E-state index is 13.2. The van der Waals surface area contributed by atoms with Crippen molar-refractivity contribution >= 4 is 23.3 Å². The van der Waals surface area contributed by atoms with Gasteiger partial charge in [-0.05, 0) is 49.4 Å². The summed E-state index contributed by atoms with van der Waals surface area (Å²) in [7, 11) is 1.66. The predicted octanol–water partition coefficient (Wildman–Crippen LogP) is 2.58. The molecule has 2 aliphatic rings. The number of nitrogens with zero attached hydrogens (tertiary/aromatic N) is 3. The summed E-state index contributed by atoms with van der Waals surface area (Å²) in [6, 6.07) is 15.3. The highest BCUT2D eigenvalue weighted by Crippen LogP contribution is 2.24. The fourth-order valence-electron chi connectivity index (χ4n) is 3.98. The molecule has 2 aromatic carbocycles. The van der Waals surface area contributed by atoms with Crippen molar-refractivity contribution in [2.45, 2.75) is 13.0 Å². The highest BCUT2D eigenvalue weighted by Gasteiger charge is 2.29. The Morgan fingerprint density at radius 2 is 1.86 bits per heavy atom. The standard InChI is InChI=1S/C22H26N4O3/c1-16-15-24(18-6-8-20(29-2)9-7-18)12-13-25(16)21(27)17-4-3-5-19(14-17)26-11-10-23-22(26)28/h3-9,14,16H,10-13,15H2,1-2H3,(H,23,28)/t16-/m1/s1. The highest BCUT2D eigenvalue weighted by molar-refractivity contribution is 5.98. The topological polar surface area (TPSA) is 65.1 Å². The number of carbonyl (C=O) groups is 2. The van der Waals surface area contributed by atoms with Gasteiger partial charge < -0.3 is 19.9 Å². The molecular formula is C22H26N4O3. The van der Waals surface area contributed by atoms with Gasteiger partial charge >= 0.3 is 6.03 Å². The Morgan fingerprint density at radius 1 is 1.07 bits per heavy atom. The van der Waals surface area contributed by atoms with Crippen LogP contribution in [0, 0.1) is 0 Å². The maximum atomic E-state index is 13.2. The van der Waals surface area contributed by atoms with E-state index in [9.17, 15) is 9.59 Å². The number of nitrogens with one attached hydrogen (secondary N) is 1. The van der Waals surface area contributed by atoms with Crippen LogP contribution in [0.5, 0.6) is 5.75 Å². The van der Waals surface area contributed by atoms with Crippen molar-refractivity contribution in [3.8, 4) is 5.75 Å². The minimum absolute atomic E-state index is 0.00772. The number of carbonyl (C=O) groups excluding carboxylic acids is 2. The van der Waals surface area contributed by atoms with E-state index in [-0.39, 0.29) is 18.0 Å². The first-order valence-electron chi connectivity index (χ1n) is 9.92. The lowest BCUT2D eigenvalue weighted by Crippen LogP contribution is -2.54. The third kappa shape index (κ3) is 3.85. The third-order valence-electron chi connectivity index (χ3n) is 5.59. The monoisotopic (exact) mass is 394 g/mol. The number of benzene rings is 2. The largest absolute Gasteiger partial charge is 0.497 e. The van der Waals surface area contributed by atoms with E-state index in [0.29, 0.717) is 25.2 Å². The van der Waals surface area contributed by atoms with Crippen LogP contribution in [-0.2, 0) is 0 Å². The predicted molar refractivity (Wildman–Crippen MR) is 113 cm³/mol. The molecule has 0 aromatic heterocycles. The van der Waals surface area contributed by atoms with Gasteiger partial charge in [0.2, 0.25) is 0 Å². The van der Waals surface area contributed by atoms with E-state index in [1.165, 1.54) is 0 Å². The van der Waals surface area contributed by atoms with Crippen molar-refractivity contribution in [3.05, 3.63) is 54.1 Å². The Labute approximate surface area is 170 Å². The molecule has 0 bridgehead atoms. The summed E-state index contributed by atoms with van der Waals surface area (Å²) in [6.45, 7) is 5.52. The van der Waals surface area contributed by atoms with E-state index in [2.05, 4.69) is 17.1 Å². The van der Waals surface area contributed by atoms with Gasteiger partial charge in [0.05, 0.1) is 7.11 Å². The van der Waals surface area contributed by atoms with Crippen molar-refractivity contribution in [1.82, 2.24) is 10.2 Å². The van der Waals surface area contributed by atoms with Crippen LogP contribution in [0.25, 0.3) is 0 Å². The van der Waals surface area contributed by atoms with E-state index in [4.69, 9.17) is 4.74 Å². The van der Waals surface area contributed by atoms with Gasteiger partial charge in [0, 0.05) is 55.7 Å². The Hall–Kier alpha value is -3.22. The summed E-state index contributed by atoms with van der Waals surface area (Å²) in [6.07, 6.45) is 0. The molecule has 2 aliphatic heterocycles. The van der Waals surface area contributed by atoms with Crippen molar-refractivity contribution in [3.63, 3.8) is 0 Å². The van der Waals surface area contributed by atoms with Crippen molar-refractivity contribution < 1.29 is 14.3 Å². The maximum Gasteiger partial charge on any atom is 0.321 e. The Balaban J connectivity index is 1.45. The van der Waals surface area contributed by atoms with Gasteiger partial charge in [0.15, 0.2) is 0 Å². The number of rotatable bonds is 4. The minimum atomic E-state index is -0.115. The molecule has 4 rings (SSSR count). The van der Waals surface area contributed by atoms with Crippen molar-refractivity contribution in [2.24, 2.45) is 0 Å². The first kappa shape index (κ1) is 19.1. The molecule has 152 valence electrons. The van der Waals surface area contributed by atoms with Crippen molar-refractivity contribution in [1.29, 1.82) is 0 Å². The molecule has 0 saturated carbocycles. The lowest BCUT2D eigenvalue weighted by atomic mass is 10.1. The smallest absolute Gasteiger partial charge is 0.321 e. The minimum Gasteiger partial charge on any atom is -0.497 e. The van der Waals surface area contributed by atoms with Gasteiger partial charge in [-0.1, -0.05) is 6.07 Å². The second-order valence-corrected chi connectivity index (χ2v) is 7.43. The highest BCUT2D eigenvalue weighted by atomic mass is 16.5. The molecule has 29 heavy (non-hydrogen) atoms. The number of hydrogen-bond acceptors (Lipinski definition) is 4. The van der Waals surface area contributed by atoms with Gasteiger partial charge in [0.1, 0.15) is 5.75 Å². The molecular weight excluding hydrogens is 368 g/mol. The second-order valence-electron chi connectivity index (χ2n) is 7.43. The zero-order valence-corrected chi connectivity index (χ0v) is 16.8. The van der Waals surface area contributed by atoms with Crippen LogP contribution in [0.3, 0.4) is 0 Å². The van der Waals surface area contributed by atoms with Crippen LogP contribution < -0.4 is 19.9 Å². The van der Waals surface area contributed by atoms with Crippen LogP contribution in [0.15, 0.2) is 48.5 Å². The second kappa shape index (κ2) is 8.03. The molecule has 2 aromatic rings. The van der Waals surface area contributed by atoms with Crippen LogP contribution in [0.1, 0.15) is 17.3 Å². The number of urea groups is 1. The number of ether oxygens (including phenoxy) is 1. The van der Waals surface area contributed by atoms with Crippen molar-refractivity contribution in [2.75, 3.05) is 49.6 Å². The molecule has 0 unspecified atom stereocenters. The van der Waals surface area contributed by atoms with E-state index in [1.54, 1.807) is 12.0 Å². The zero-order valence-electron chi connectivity index (χ0n) is 16.8. The first-order chi connectivity index (χ1) is 14.1. The number of amides is 3. The van der Waals surface area contributed by atoms with Crippen LogP contribution >= 0.6 is 0 Å². The molecule has 1 N–H and O–H groups in total. The molecule has 0 spiro atoms. The third-order valence-corrected chi connectivity index (χ3v) is 5.59. The van der Waals surface area contributed by atoms with E-state index in [1.807, 2.05) is 53.4 Å². The Kier molecular flexibility index (Phi) is 5.29. The van der Waals surface area contributed by atoms with Gasteiger partial charge in [-0.2, -0.15) is 0 Å². The molecule has 3 amide bonds. The van der Waals surface area contributed by atoms with E-state index in [0.717, 1.165) is 30.2 Å². The molecule has 2 saturated heterocycles. The van der Waals surface area contributed by atoms with Gasteiger partial charge in [-0.25, -0.2) is 4.79 Å². The average Bonchev–Trinajstić information content (AvgIpc) is 3.19. The summed E-state index contributed by atoms with van der Waals surface area (Å²) in [5, 5.41) is 2.79. The van der Waals surface area contributed by atoms with E-state index < -0.39 is 0 Å². The number of anilines is 2. The summed E-state index contributed by atoms with van der Waals surface area (Å²) < 4.78 is 5.23. The van der Waals surface area contributed by atoms with E-state index >= 15 is 0 Å². The van der Waals surface area contributed by atoms with Crippen LogP contribution in [-0.4, -0.2) is 62.7 Å². The number of methoxy groups -OCH3 is 1. The fraction of sp³-hybridized carbons (Fsp3) is 0.364. The lowest BCUT2D eigenvalue weighted by molar-refractivity contribution is 0.0674. The summed E-state index contributed by atoms with van der Waals surface area (Å²) >= 11 is 0. The molecule has 1 atom stereocenters. The Morgan fingerprint density at radius 3 is 2.52 bits per heavy atom. The van der Waals surface area contributed by atoms with Gasteiger partial charge in [0.25, 0.3) is 5.91 Å². The summed E-state index contributed by atoms with van der Waals surface area (Å²) in [5.74, 6) is 0.843. The SMILES string of the molecule is COc1ccc(N2CCN(C(=O)c3cccc(N4CCNC4=O)c3)[C@H](C)C2)cc1. The van der Waals surface area contributed by atoms with Gasteiger partial charge in [-0.3, -0.25) is 9.69 Å². The normalized spacial score (nSPS) is 19.3. The fourth-order valence-corrected chi connectivity index (χ4v) is 3.98. The Bertz CT molecular complexity index is 899. The van der Waals surface area contributed by atoms with Gasteiger partial charge in [-0.15, -0.1) is 0 Å². The number of piperazine rings is 1. The molecule has 7 nitrogen and oxygen atoms in total. The zero-order chi connectivity index (χ0) is 20.4. The molecule has 2 heterocycles. The summed E-state index contributed by atoms with van der Waals surface area (Å²) in [4.78, 5) is 31.0. The van der Waals surface area contributed by atoms with Crippen LogP contribution in [0.4, 0.5) is 16.2 Å². The summed E-state index contributed by atoms with van der Waals surface area (Å²) in [5.41, 5.74) is 2.51. The first-order valence-corrected chi connectivity index (χ1v) is 9.92.